The minimum absolute atomic E-state index is 0.618. The van der Waals surface area contributed by atoms with E-state index in [0.717, 1.165) is 30.4 Å². The zero-order valence-corrected chi connectivity index (χ0v) is 13.2. The molecule has 0 bridgehead atoms. The lowest BCUT2D eigenvalue weighted by Gasteiger charge is -2.20. The Bertz CT molecular complexity index is 477. The molecule has 0 radical (unpaired) electrons. The Morgan fingerprint density at radius 3 is 2.43 bits per heavy atom. The number of rotatable bonds is 5. The van der Waals surface area contributed by atoms with Crippen molar-refractivity contribution in [3.63, 3.8) is 0 Å². The van der Waals surface area contributed by atoms with Gasteiger partial charge in [0, 0.05) is 12.5 Å². The van der Waals surface area contributed by atoms with E-state index in [1.54, 1.807) is 0 Å². The van der Waals surface area contributed by atoms with Gasteiger partial charge in [0.15, 0.2) is 0 Å². The second kappa shape index (κ2) is 6.67. The molecule has 1 aromatic heterocycles. The monoisotopic (exact) mass is 287 g/mol. The number of nitrogens with two attached hydrogens (primary N) is 1. The fourth-order valence-electron chi connectivity index (χ4n) is 4.17. The van der Waals surface area contributed by atoms with Crippen LogP contribution in [0.5, 0.6) is 0 Å². The second-order valence-corrected chi connectivity index (χ2v) is 6.89. The number of hydrogen-bond acceptors (Lipinski definition) is 2. The van der Waals surface area contributed by atoms with Crippen molar-refractivity contribution >= 4 is 5.82 Å². The van der Waals surface area contributed by atoms with Crippen molar-refractivity contribution in [2.75, 3.05) is 5.73 Å². The molecule has 1 heterocycles. The van der Waals surface area contributed by atoms with Gasteiger partial charge in [-0.15, -0.1) is 6.58 Å². The summed E-state index contributed by atoms with van der Waals surface area (Å²) in [7, 11) is 0. The molecule has 116 valence electrons. The first-order valence-corrected chi connectivity index (χ1v) is 8.75. The fourth-order valence-corrected chi connectivity index (χ4v) is 4.17. The number of imidazole rings is 1. The molecule has 0 aromatic carbocycles. The number of allylic oxidation sites excluding steroid dienone is 1. The lowest BCUT2D eigenvalue weighted by molar-refractivity contribution is 0.355. The molecule has 2 N–H and O–H groups in total. The van der Waals surface area contributed by atoms with Gasteiger partial charge in [-0.3, -0.25) is 0 Å². The number of hydrogen-bond donors (Lipinski definition) is 1. The highest BCUT2D eigenvalue weighted by atomic mass is 15.1. The Morgan fingerprint density at radius 2 is 1.76 bits per heavy atom. The molecule has 21 heavy (non-hydrogen) atoms. The zero-order valence-electron chi connectivity index (χ0n) is 13.2. The Labute approximate surface area is 128 Å². The molecule has 2 fully saturated rings. The first-order chi connectivity index (χ1) is 10.3. The van der Waals surface area contributed by atoms with Gasteiger partial charge in [0.25, 0.3) is 0 Å². The van der Waals surface area contributed by atoms with Crippen molar-refractivity contribution in [1.82, 2.24) is 9.55 Å². The predicted molar refractivity (Wildman–Crippen MR) is 88.3 cm³/mol. The van der Waals surface area contributed by atoms with Crippen LogP contribution in [0.25, 0.3) is 0 Å². The molecule has 0 atom stereocenters. The normalized spacial score (nSPS) is 21.0. The molecule has 0 aliphatic heterocycles. The molecule has 0 amide bonds. The molecule has 0 unspecified atom stereocenters. The SMILES string of the molecule is C=CCn1c(C2CCCC2)nc(CC2CCCCC2)c1N. The first kappa shape index (κ1) is 14.7. The smallest absolute Gasteiger partial charge is 0.127 e. The summed E-state index contributed by atoms with van der Waals surface area (Å²) in [5, 5.41) is 0. The van der Waals surface area contributed by atoms with Crippen molar-refractivity contribution in [2.24, 2.45) is 5.92 Å². The summed E-state index contributed by atoms with van der Waals surface area (Å²) in [6.45, 7) is 4.69. The number of nitrogens with zero attached hydrogens (tertiary/aromatic N) is 2. The van der Waals surface area contributed by atoms with Gasteiger partial charge in [-0.2, -0.15) is 0 Å². The summed E-state index contributed by atoms with van der Waals surface area (Å²) in [5.41, 5.74) is 7.59. The Balaban J connectivity index is 1.82. The average molecular weight is 287 g/mol. The van der Waals surface area contributed by atoms with Gasteiger partial charge in [0.2, 0.25) is 0 Å². The Morgan fingerprint density at radius 1 is 1.10 bits per heavy atom. The third-order valence-electron chi connectivity index (χ3n) is 5.35. The molecule has 2 aliphatic rings. The highest BCUT2D eigenvalue weighted by Crippen LogP contribution is 2.36. The second-order valence-electron chi connectivity index (χ2n) is 6.89. The molecular weight excluding hydrogens is 258 g/mol. The van der Waals surface area contributed by atoms with Crippen molar-refractivity contribution < 1.29 is 0 Å². The van der Waals surface area contributed by atoms with Crippen LogP contribution in [-0.2, 0) is 13.0 Å². The van der Waals surface area contributed by atoms with Crippen LogP contribution in [-0.4, -0.2) is 9.55 Å². The summed E-state index contributed by atoms with van der Waals surface area (Å²) in [6, 6.07) is 0. The van der Waals surface area contributed by atoms with Crippen molar-refractivity contribution in [3.8, 4) is 0 Å². The number of aromatic nitrogens is 2. The maximum Gasteiger partial charge on any atom is 0.127 e. The molecule has 3 nitrogen and oxygen atoms in total. The van der Waals surface area contributed by atoms with Crippen molar-refractivity contribution in [1.29, 1.82) is 0 Å². The number of anilines is 1. The lowest BCUT2D eigenvalue weighted by atomic mass is 9.86. The third-order valence-corrected chi connectivity index (χ3v) is 5.35. The highest BCUT2D eigenvalue weighted by molar-refractivity contribution is 5.40. The predicted octanol–water partition coefficient (Wildman–Crippen LogP) is 4.43. The van der Waals surface area contributed by atoms with E-state index in [0.29, 0.717) is 5.92 Å². The largest absolute Gasteiger partial charge is 0.384 e. The van der Waals surface area contributed by atoms with Crippen LogP contribution >= 0.6 is 0 Å². The van der Waals surface area contributed by atoms with E-state index in [1.807, 2.05) is 6.08 Å². The fraction of sp³-hybridized carbons (Fsp3) is 0.722. The van der Waals surface area contributed by atoms with E-state index in [-0.39, 0.29) is 0 Å². The van der Waals surface area contributed by atoms with E-state index in [4.69, 9.17) is 10.7 Å². The summed E-state index contributed by atoms with van der Waals surface area (Å²) >= 11 is 0. The molecule has 2 saturated carbocycles. The van der Waals surface area contributed by atoms with Crippen LogP contribution in [0.2, 0.25) is 0 Å². The molecule has 2 aliphatic carbocycles. The minimum atomic E-state index is 0.618. The maximum absolute atomic E-state index is 6.43. The van der Waals surface area contributed by atoms with E-state index in [2.05, 4.69) is 11.1 Å². The molecule has 0 saturated heterocycles. The van der Waals surface area contributed by atoms with Crippen molar-refractivity contribution in [2.45, 2.75) is 76.7 Å². The van der Waals surface area contributed by atoms with E-state index in [1.165, 1.54) is 63.6 Å². The standard InChI is InChI=1S/C18H29N3/c1-2-12-21-17(19)16(13-14-8-4-3-5-9-14)20-18(21)15-10-6-7-11-15/h2,14-15H,1,3-13,19H2. The number of nitrogen functional groups attached to an aromatic ring is 1. The third kappa shape index (κ3) is 3.17. The van der Waals surface area contributed by atoms with Gasteiger partial charge in [-0.05, 0) is 25.2 Å². The highest BCUT2D eigenvalue weighted by Gasteiger charge is 2.26. The Hall–Kier alpha value is -1.25. The van der Waals surface area contributed by atoms with Crippen LogP contribution in [0.4, 0.5) is 5.82 Å². The van der Waals surface area contributed by atoms with E-state index in [9.17, 15) is 0 Å². The molecule has 3 rings (SSSR count). The van der Waals surface area contributed by atoms with Crippen LogP contribution in [0, 0.1) is 5.92 Å². The van der Waals surface area contributed by atoms with Gasteiger partial charge < -0.3 is 10.3 Å². The molecule has 0 spiro atoms. The van der Waals surface area contributed by atoms with Crippen molar-refractivity contribution in [3.05, 3.63) is 24.2 Å². The lowest BCUT2D eigenvalue weighted by Crippen LogP contribution is -2.11. The van der Waals surface area contributed by atoms with Crippen LogP contribution in [0.3, 0.4) is 0 Å². The van der Waals surface area contributed by atoms with Gasteiger partial charge >= 0.3 is 0 Å². The Kier molecular flexibility index (Phi) is 4.67. The first-order valence-electron chi connectivity index (χ1n) is 8.75. The van der Waals surface area contributed by atoms with Gasteiger partial charge in [-0.1, -0.05) is 51.0 Å². The van der Waals surface area contributed by atoms with Crippen LogP contribution in [0.1, 0.15) is 75.2 Å². The molecular formula is C18H29N3. The van der Waals surface area contributed by atoms with Gasteiger partial charge in [0.1, 0.15) is 11.6 Å². The zero-order chi connectivity index (χ0) is 14.7. The van der Waals surface area contributed by atoms with Crippen LogP contribution < -0.4 is 5.73 Å². The van der Waals surface area contributed by atoms with Gasteiger partial charge in [0.05, 0.1) is 5.69 Å². The molecule has 1 aromatic rings. The van der Waals surface area contributed by atoms with Crippen LogP contribution in [0.15, 0.2) is 12.7 Å². The van der Waals surface area contributed by atoms with Gasteiger partial charge in [-0.25, -0.2) is 4.98 Å². The topological polar surface area (TPSA) is 43.8 Å². The maximum atomic E-state index is 6.43. The summed E-state index contributed by atoms with van der Waals surface area (Å²) in [4.78, 5) is 4.99. The minimum Gasteiger partial charge on any atom is -0.384 e. The van der Waals surface area contributed by atoms with E-state index >= 15 is 0 Å². The summed E-state index contributed by atoms with van der Waals surface area (Å²) < 4.78 is 2.22. The quantitative estimate of drug-likeness (QED) is 0.814. The summed E-state index contributed by atoms with van der Waals surface area (Å²) in [6.07, 6.45) is 15.1. The van der Waals surface area contributed by atoms with E-state index < -0.39 is 0 Å². The molecule has 3 heteroatoms. The summed E-state index contributed by atoms with van der Waals surface area (Å²) in [5.74, 6) is 3.55. The average Bonchev–Trinajstić information content (AvgIpc) is 3.12.